The highest BCUT2D eigenvalue weighted by atomic mass is 32.1. The summed E-state index contributed by atoms with van der Waals surface area (Å²) in [6, 6.07) is 6.60. The van der Waals surface area contributed by atoms with Crippen LogP contribution in [0.1, 0.15) is 23.9 Å². The fourth-order valence-corrected chi connectivity index (χ4v) is 2.67. The number of rotatable bonds is 4. The summed E-state index contributed by atoms with van der Waals surface area (Å²) in [4.78, 5) is 12.8. The predicted octanol–water partition coefficient (Wildman–Crippen LogP) is 2.18. The predicted molar refractivity (Wildman–Crippen MR) is 79.5 cm³/mol. The number of benzene rings is 1. The zero-order chi connectivity index (χ0) is 15.0. The van der Waals surface area contributed by atoms with Gasteiger partial charge in [-0.15, -0.1) is 0 Å². The Kier molecular flexibility index (Phi) is 3.56. The summed E-state index contributed by atoms with van der Waals surface area (Å²) < 4.78 is 2.36. The average Bonchev–Trinajstić information content (AvgIpc) is 2.74. The molecule has 1 N–H and O–H groups in total. The first kappa shape index (κ1) is 13.9. The Morgan fingerprint density at radius 2 is 2.24 bits per heavy atom. The van der Waals surface area contributed by atoms with Crippen LogP contribution in [0.3, 0.4) is 0 Å². The van der Waals surface area contributed by atoms with Crippen molar-refractivity contribution in [3.63, 3.8) is 0 Å². The van der Waals surface area contributed by atoms with Gasteiger partial charge in [0.05, 0.1) is 11.0 Å². The number of nitro benzene ring substituents is 1. The molecular weight excluding hydrogens is 290 g/mol. The number of nitrogens with one attached hydrogen (secondary N) is 1. The largest absolute Gasteiger partial charge is 0.306 e. The van der Waals surface area contributed by atoms with Crippen molar-refractivity contribution in [2.45, 2.75) is 12.5 Å². The lowest BCUT2D eigenvalue weighted by Gasteiger charge is -2.37. The second-order valence-electron chi connectivity index (χ2n) is 5.09. The lowest BCUT2D eigenvalue weighted by Crippen LogP contribution is -2.41. The first-order valence-corrected chi connectivity index (χ1v) is 7.08. The van der Waals surface area contributed by atoms with E-state index in [1.54, 1.807) is 12.1 Å². The summed E-state index contributed by atoms with van der Waals surface area (Å²) in [5.41, 5.74) is 0.954. The molecule has 2 aromatic rings. The monoisotopic (exact) mass is 305 g/mol. The van der Waals surface area contributed by atoms with Crippen LogP contribution in [0.15, 0.2) is 24.3 Å². The van der Waals surface area contributed by atoms with Gasteiger partial charge in [-0.05, 0) is 24.2 Å². The van der Waals surface area contributed by atoms with E-state index in [-0.39, 0.29) is 16.7 Å². The molecular formula is C13H15N5O2S. The minimum atomic E-state index is -0.375. The van der Waals surface area contributed by atoms with Gasteiger partial charge in [-0.3, -0.25) is 20.1 Å². The Labute approximate surface area is 126 Å². The average molecular weight is 305 g/mol. The van der Waals surface area contributed by atoms with Crippen LogP contribution in [-0.2, 0) is 7.05 Å². The molecule has 1 saturated heterocycles. The summed E-state index contributed by atoms with van der Waals surface area (Å²) in [5, 5.41) is 18.1. The molecule has 3 rings (SSSR count). The molecule has 7 nitrogen and oxygen atoms in total. The van der Waals surface area contributed by atoms with E-state index >= 15 is 0 Å². The van der Waals surface area contributed by atoms with Crippen molar-refractivity contribution >= 4 is 17.9 Å². The smallest absolute Gasteiger partial charge is 0.269 e. The topological polar surface area (TPSA) is 80.0 Å². The lowest BCUT2D eigenvalue weighted by atomic mass is 10.0. The Balaban J connectivity index is 2.08. The molecule has 8 heteroatoms. The summed E-state index contributed by atoms with van der Waals surface area (Å²) in [7, 11) is 1.85. The number of H-pyrrole nitrogens is 1. The second-order valence-corrected chi connectivity index (χ2v) is 5.48. The number of aromatic amines is 1. The summed E-state index contributed by atoms with van der Waals surface area (Å²) in [5.74, 6) is 0.778. The number of likely N-dealkylation sites (tertiary alicyclic amines) is 1. The third-order valence-corrected chi connectivity index (χ3v) is 4.18. The molecule has 1 atom stereocenters. The van der Waals surface area contributed by atoms with Crippen LogP contribution in [0.5, 0.6) is 0 Å². The van der Waals surface area contributed by atoms with Crippen molar-refractivity contribution in [3.05, 3.63) is 50.5 Å². The quantitative estimate of drug-likeness (QED) is 0.532. The molecule has 0 amide bonds. The van der Waals surface area contributed by atoms with E-state index in [0.717, 1.165) is 30.9 Å². The molecule has 1 aromatic carbocycles. The Hall–Kier alpha value is -2.06. The van der Waals surface area contributed by atoms with Crippen molar-refractivity contribution in [2.75, 3.05) is 13.1 Å². The zero-order valence-corrected chi connectivity index (χ0v) is 12.3. The van der Waals surface area contributed by atoms with Crippen LogP contribution in [-0.4, -0.2) is 37.7 Å². The van der Waals surface area contributed by atoms with Gasteiger partial charge in [0.25, 0.3) is 5.69 Å². The van der Waals surface area contributed by atoms with Crippen molar-refractivity contribution in [1.29, 1.82) is 0 Å². The van der Waals surface area contributed by atoms with Crippen LogP contribution in [0.25, 0.3) is 0 Å². The maximum atomic E-state index is 11.0. The van der Waals surface area contributed by atoms with Gasteiger partial charge in [-0.1, -0.05) is 12.1 Å². The molecule has 2 heterocycles. The Morgan fingerprint density at radius 3 is 2.76 bits per heavy atom. The highest BCUT2D eigenvalue weighted by Crippen LogP contribution is 2.32. The number of aromatic nitrogens is 3. The van der Waals surface area contributed by atoms with Gasteiger partial charge >= 0.3 is 0 Å². The van der Waals surface area contributed by atoms with Gasteiger partial charge in [-0.2, -0.15) is 5.10 Å². The molecule has 0 spiro atoms. The zero-order valence-electron chi connectivity index (χ0n) is 11.5. The van der Waals surface area contributed by atoms with Gasteiger partial charge in [0.1, 0.15) is 0 Å². The maximum absolute atomic E-state index is 11.0. The minimum absolute atomic E-state index is 0.0924. The normalized spacial score (nSPS) is 16.4. The van der Waals surface area contributed by atoms with Crippen LogP contribution < -0.4 is 0 Å². The molecule has 21 heavy (non-hydrogen) atoms. The van der Waals surface area contributed by atoms with Gasteiger partial charge in [0.2, 0.25) is 0 Å². The fraction of sp³-hybridized carbons (Fsp3) is 0.385. The molecule has 1 fully saturated rings. The van der Waals surface area contributed by atoms with Gasteiger partial charge in [-0.25, -0.2) is 0 Å². The molecule has 0 aliphatic carbocycles. The van der Waals surface area contributed by atoms with Crippen molar-refractivity contribution in [1.82, 2.24) is 19.7 Å². The Bertz CT molecular complexity index is 734. The molecule has 1 aliphatic heterocycles. The molecule has 0 radical (unpaired) electrons. The minimum Gasteiger partial charge on any atom is -0.306 e. The van der Waals surface area contributed by atoms with E-state index in [0.29, 0.717) is 4.77 Å². The van der Waals surface area contributed by atoms with E-state index in [9.17, 15) is 10.1 Å². The SMILES string of the molecule is Cn1c(C(c2cccc([N+](=O)[O-])c2)N2CCC2)n[nH]c1=S. The third kappa shape index (κ3) is 2.47. The van der Waals surface area contributed by atoms with E-state index in [2.05, 4.69) is 15.1 Å². The van der Waals surface area contributed by atoms with Crippen molar-refractivity contribution < 1.29 is 4.92 Å². The second kappa shape index (κ2) is 5.38. The van der Waals surface area contributed by atoms with Crippen molar-refractivity contribution in [3.8, 4) is 0 Å². The van der Waals surface area contributed by atoms with Gasteiger partial charge in [0.15, 0.2) is 10.6 Å². The van der Waals surface area contributed by atoms with Crippen LogP contribution in [0.4, 0.5) is 5.69 Å². The molecule has 1 unspecified atom stereocenters. The number of non-ortho nitro benzene ring substituents is 1. The standard InChI is InChI=1S/C13H15N5O2S/c1-16-12(14-15-13(16)21)11(17-6-3-7-17)9-4-2-5-10(8-9)18(19)20/h2,4-5,8,11H,3,6-7H2,1H3,(H,15,21). The van der Waals surface area contributed by atoms with Crippen molar-refractivity contribution in [2.24, 2.45) is 7.05 Å². The van der Waals surface area contributed by atoms with E-state index in [1.165, 1.54) is 6.07 Å². The van der Waals surface area contributed by atoms with E-state index in [4.69, 9.17) is 12.2 Å². The molecule has 1 aliphatic rings. The van der Waals surface area contributed by atoms with Crippen LogP contribution in [0.2, 0.25) is 0 Å². The molecule has 0 saturated carbocycles. The molecule has 110 valence electrons. The summed E-state index contributed by atoms with van der Waals surface area (Å²) in [6.45, 7) is 1.90. The first-order chi connectivity index (χ1) is 10.1. The van der Waals surface area contributed by atoms with E-state index < -0.39 is 0 Å². The third-order valence-electron chi connectivity index (χ3n) is 3.81. The van der Waals surface area contributed by atoms with Crippen LogP contribution >= 0.6 is 12.2 Å². The number of hydrogen-bond donors (Lipinski definition) is 1. The van der Waals surface area contributed by atoms with Crippen LogP contribution in [0, 0.1) is 14.9 Å². The first-order valence-electron chi connectivity index (χ1n) is 6.67. The fourth-order valence-electron chi connectivity index (χ4n) is 2.53. The lowest BCUT2D eigenvalue weighted by molar-refractivity contribution is -0.384. The van der Waals surface area contributed by atoms with E-state index in [1.807, 2.05) is 17.7 Å². The maximum Gasteiger partial charge on any atom is 0.269 e. The summed E-state index contributed by atoms with van der Waals surface area (Å²) >= 11 is 5.17. The Morgan fingerprint density at radius 1 is 1.48 bits per heavy atom. The van der Waals surface area contributed by atoms with Gasteiger partial charge in [0, 0.05) is 32.3 Å². The van der Waals surface area contributed by atoms with Gasteiger partial charge < -0.3 is 4.57 Å². The highest BCUT2D eigenvalue weighted by Gasteiger charge is 2.31. The number of nitro groups is 1. The highest BCUT2D eigenvalue weighted by molar-refractivity contribution is 7.71. The number of nitrogens with zero attached hydrogens (tertiary/aromatic N) is 4. The number of hydrogen-bond acceptors (Lipinski definition) is 5. The summed E-state index contributed by atoms with van der Waals surface area (Å²) in [6.07, 6.45) is 1.13. The molecule has 0 bridgehead atoms. The molecule has 1 aromatic heterocycles.